The Bertz CT molecular complexity index is 4090. The number of rotatable bonds is 7. The lowest BCUT2D eigenvalue weighted by atomic mass is 9.77. The number of hydrogen-bond donors (Lipinski definition) is 0. The summed E-state index contributed by atoms with van der Waals surface area (Å²) < 4.78 is 0. The second kappa shape index (κ2) is 16.8. The lowest BCUT2D eigenvalue weighted by Gasteiger charge is -2.30. The quantitative estimate of drug-likeness (QED) is 0.144. The average Bonchev–Trinajstić information content (AvgIpc) is 3.68. The van der Waals surface area contributed by atoms with Crippen LogP contribution in [0.5, 0.6) is 0 Å². The Morgan fingerprint density at radius 2 is 1.10 bits per heavy atom. The Morgan fingerprint density at radius 3 is 1.90 bits per heavy atom. The zero-order valence-electron chi connectivity index (χ0n) is 40.8. The highest BCUT2D eigenvalue weighted by Gasteiger charge is 2.35. The van der Waals surface area contributed by atoms with Crippen LogP contribution in [0, 0.1) is 0 Å². The summed E-state index contributed by atoms with van der Waals surface area (Å²) in [5.41, 5.74) is 21.9. The van der Waals surface area contributed by atoms with Crippen molar-refractivity contribution in [2.45, 2.75) is 44.9 Å². The lowest BCUT2D eigenvalue weighted by molar-refractivity contribution is 0.660. The highest BCUT2D eigenvalue weighted by molar-refractivity contribution is 6.24. The van der Waals surface area contributed by atoms with Crippen molar-refractivity contribution in [2.75, 3.05) is 4.90 Å². The molecule has 0 heterocycles. The molecule has 11 aromatic carbocycles. The third kappa shape index (κ3) is 6.68. The topological polar surface area (TPSA) is 3.24 Å². The fourth-order valence-electron chi connectivity index (χ4n) is 12.7. The van der Waals surface area contributed by atoms with Gasteiger partial charge in [0.15, 0.2) is 0 Å². The minimum atomic E-state index is -0.0662. The number of anilines is 3. The number of fused-ring (bicyclic) bond motifs is 12. The molecule has 72 heavy (non-hydrogen) atoms. The first-order valence-electron chi connectivity index (χ1n) is 25.8. The minimum absolute atomic E-state index is 0.0662. The van der Waals surface area contributed by atoms with Crippen LogP contribution >= 0.6 is 0 Å². The van der Waals surface area contributed by atoms with Crippen molar-refractivity contribution in [1.82, 2.24) is 0 Å². The zero-order valence-corrected chi connectivity index (χ0v) is 40.8. The molecule has 0 aliphatic heterocycles. The molecule has 342 valence electrons. The van der Waals surface area contributed by atoms with Gasteiger partial charge in [-0.1, -0.05) is 208 Å². The predicted octanol–water partition coefficient (Wildman–Crippen LogP) is 19.8. The molecule has 0 N–H and O–H groups in total. The summed E-state index contributed by atoms with van der Waals surface area (Å²) in [6, 6.07) is 77.7. The van der Waals surface area contributed by atoms with Gasteiger partial charge in [-0.2, -0.15) is 0 Å². The summed E-state index contributed by atoms with van der Waals surface area (Å²) in [7, 11) is 0. The van der Waals surface area contributed by atoms with Crippen molar-refractivity contribution in [3.8, 4) is 44.5 Å². The number of aryl methyl sites for hydroxylation is 1. The van der Waals surface area contributed by atoms with Crippen molar-refractivity contribution in [3.05, 3.63) is 258 Å². The maximum Gasteiger partial charge on any atom is 0.0546 e. The molecule has 0 saturated heterocycles. The average molecular weight is 920 g/mol. The molecule has 11 aromatic rings. The van der Waals surface area contributed by atoms with Gasteiger partial charge in [-0.15, -0.1) is 0 Å². The summed E-state index contributed by atoms with van der Waals surface area (Å²) in [4.78, 5) is 2.53. The van der Waals surface area contributed by atoms with E-state index in [-0.39, 0.29) is 5.41 Å². The fraction of sp³-hybridized carbons (Fsp3) is 0.0986. The first-order chi connectivity index (χ1) is 35.5. The van der Waals surface area contributed by atoms with E-state index >= 15 is 0 Å². The van der Waals surface area contributed by atoms with E-state index < -0.39 is 0 Å². The zero-order chi connectivity index (χ0) is 47.9. The van der Waals surface area contributed by atoms with Crippen LogP contribution in [0.15, 0.2) is 231 Å². The third-order valence-corrected chi connectivity index (χ3v) is 16.2. The highest BCUT2D eigenvalue weighted by atomic mass is 15.1. The van der Waals surface area contributed by atoms with E-state index in [0.29, 0.717) is 0 Å². The molecule has 3 aliphatic rings. The normalized spacial score (nSPS) is 14.4. The highest BCUT2D eigenvalue weighted by Crippen LogP contribution is 2.52. The Balaban J connectivity index is 1.03. The van der Waals surface area contributed by atoms with Crippen molar-refractivity contribution >= 4 is 71.8 Å². The summed E-state index contributed by atoms with van der Waals surface area (Å²) >= 11 is 0. The smallest absolute Gasteiger partial charge is 0.0546 e. The summed E-state index contributed by atoms with van der Waals surface area (Å²) in [5.74, 6) is 0. The van der Waals surface area contributed by atoms with Crippen molar-refractivity contribution in [1.29, 1.82) is 0 Å². The molecule has 0 fully saturated rings. The van der Waals surface area contributed by atoms with Gasteiger partial charge in [0.2, 0.25) is 0 Å². The molecule has 0 bridgehead atoms. The van der Waals surface area contributed by atoms with Crippen LogP contribution in [0.1, 0.15) is 60.9 Å². The van der Waals surface area contributed by atoms with Gasteiger partial charge in [-0.05, 0) is 184 Å². The summed E-state index contributed by atoms with van der Waals surface area (Å²) in [6.45, 7) is 4.73. The maximum atomic E-state index is 2.53. The third-order valence-electron chi connectivity index (χ3n) is 16.2. The molecule has 0 atom stereocenters. The van der Waals surface area contributed by atoms with E-state index in [1.807, 2.05) is 0 Å². The lowest BCUT2D eigenvalue weighted by Crippen LogP contribution is -2.14. The molecular formula is C71H53N. The van der Waals surface area contributed by atoms with Gasteiger partial charge in [-0.3, -0.25) is 0 Å². The Labute approximate surface area is 422 Å². The van der Waals surface area contributed by atoms with Crippen LogP contribution in [0.3, 0.4) is 0 Å². The van der Waals surface area contributed by atoms with E-state index in [9.17, 15) is 0 Å². The minimum Gasteiger partial charge on any atom is -0.310 e. The fourth-order valence-corrected chi connectivity index (χ4v) is 12.7. The van der Waals surface area contributed by atoms with Gasteiger partial charge in [0.1, 0.15) is 0 Å². The van der Waals surface area contributed by atoms with Crippen molar-refractivity contribution in [2.24, 2.45) is 0 Å². The standard InChI is InChI=1S/C71H53N/c1-71(2)65-33-19-18-30-57(65)58-40-36-50(42-66(58)71)46-34-37-52(38-35-46)72(67-43-51-26-12-13-27-54(51)55-28-14-16-31-59(55)67)53-39-41-61-64(44-53)56-29-15-17-32-60(56)69-63(48-22-8-4-9-23-48)45-62(47-20-6-3-7-21-47)68(70(61)69)49-24-10-5-11-25-49/h3-8,10-14,16-22,24-28,30-45H,9,15,23,29H2,1-2H3. The second-order valence-electron chi connectivity index (χ2n) is 20.5. The largest absolute Gasteiger partial charge is 0.310 e. The number of nitrogens with zero attached hydrogens (tertiary/aromatic N) is 1. The molecule has 14 rings (SSSR count). The number of allylic oxidation sites excluding steroid dienone is 5. The molecule has 0 saturated carbocycles. The van der Waals surface area contributed by atoms with Gasteiger partial charge in [0.05, 0.1) is 5.69 Å². The second-order valence-corrected chi connectivity index (χ2v) is 20.5. The van der Waals surface area contributed by atoms with Crippen LogP contribution in [-0.4, -0.2) is 0 Å². The van der Waals surface area contributed by atoms with E-state index in [2.05, 4.69) is 255 Å². The molecule has 0 unspecified atom stereocenters. The van der Waals surface area contributed by atoms with Crippen LogP contribution in [0.4, 0.5) is 17.1 Å². The molecule has 3 aliphatic carbocycles. The Hall–Kier alpha value is -8.52. The van der Waals surface area contributed by atoms with Gasteiger partial charge in [-0.25, -0.2) is 0 Å². The van der Waals surface area contributed by atoms with Gasteiger partial charge >= 0.3 is 0 Å². The monoisotopic (exact) mass is 919 g/mol. The van der Waals surface area contributed by atoms with Crippen LogP contribution in [-0.2, 0) is 11.8 Å². The van der Waals surface area contributed by atoms with Crippen LogP contribution < -0.4 is 4.90 Å². The molecule has 1 heteroatoms. The van der Waals surface area contributed by atoms with Gasteiger partial charge in [0, 0.05) is 22.2 Å². The Kier molecular flexibility index (Phi) is 9.90. The van der Waals surface area contributed by atoms with Crippen molar-refractivity contribution in [3.63, 3.8) is 0 Å². The molecule has 0 aromatic heterocycles. The predicted molar refractivity (Wildman–Crippen MR) is 309 cm³/mol. The van der Waals surface area contributed by atoms with E-state index in [0.717, 1.165) is 37.1 Å². The SMILES string of the molecule is CC1(C)c2ccccc2-c2ccc(-c3ccc(N(c4ccc5c(c4)c4c(c6c(C7=CC=CCC7)cc(-c7ccccc7)c(-c7ccccc7)c65)C=CCC4)c4cc5ccccc5c5ccccc45)cc3)cc21. The Morgan fingerprint density at radius 1 is 0.417 bits per heavy atom. The van der Waals surface area contributed by atoms with Gasteiger partial charge in [0.25, 0.3) is 0 Å². The molecule has 0 spiro atoms. The summed E-state index contributed by atoms with van der Waals surface area (Å²) in [5, 5.41) is 10.3. The van der Waals surface area contributed by atoms with Crippen molar-refractivity contribution < 1.29 is 0 Å². The van der Waals surface area contributed by atoms with E-state index in [1.165, 1.54) is 127 Å². The first-order valence-corrected chi connectivity index (χ1v) is 25.8. The van der Waals surface area contributed by atoms with Crippen LogP contribution in [0.25, 0.3) is 99.2 Å². The number of hydrogen-bond acceptors (Lipinski definition) is 1. The van der Waals surface area contributed by atoms with E-state index in [4.69, 9.17) is 0 Å². The van der Waals surface area contributed by atoms with E-state index in [1.54, 1.807) is 0 Å². The number of benzene rings is 11. The first kappa shape index (κ1) is 42.4. The maximum absolute atomic E-state index is 2.53. The van der Waals surface area contributed by atoms with Crippen LogP contribution in [0.2, 0.25) is 0 Å². The molecule has 0 radical (unpaired) electrons. The molecule has 0 amide bonds. The molecule has 1 nitrogen and oxygen atoms in total. The van der Waals surface area contributed by atoms with Gasteiger partial charge < -0.3 is 4.90 Å². The summed E-state index contributed by atoms with van der Waals surface area (Å²) in [6.07, 6.45) is 15.8. The molecular weight excluding hydrogens is 867 g/mol.